The van der Waals surface area contributed by atoms with Gasteiger partial charge in [0.15, 0.2) is 0 Å². The summed E-state index contributed by atoms with van der Waals surface area (Å²) in [4.78, 5) is 23.2. The first-order valence-corrected chi connectivity index (χ1v) is 7.17. The molecule has 2 unspecified atom stereocenters. The molecule has 8 nitrogen and oxygen atoms in total. The third-order valence-electron chi connectivity index (χ3n) is 3.97. The summed E-state index contributed by atoms with van der Waals surface area (Å²) >= 11 is 0. The number of nitrogens with zero attached hydrogens (tertiary/aromatic N) is 1. The Hall–Kier alpha value is -2.87. The number of carbonyl (C=O) groups excluding carboxylic acids is 2. The van der Waals surface area contributed by atoms with E-state index in [-0.39, 0.29) is 11.7 Å². The molecular weight excluding hydrogens is 300 g/mol. The van der Waals surface area contributed by atoms with E-state index >= 15 is 0 Å². The third-order valence-corrected chi connectivity index (χ3v) is 3.97. The summed E-state index contributed by atoms with van der Waals surface area (Å²) in [6, 6.07) is 4.85. The summed E-state index contributed by atoms with van der Waals surface area (Å²) in [5.41, 5.74) is 4.75. The first-order valence-electron chi connectivity index (χ1n) is 7.17. The van der Waals surface area contributed by atoms with Crippen LogP contribution in [0, 0.1) is 0 Å². The number of imide groups is 1. The fraction of sp³-hybridized carbons (Fsp3) is 0.267. The van der Waals surface area contributed by atoms with Gasteiger partial charge in [-0.1, -0.05) is 0 Å². The lowest BCUT2D eigenvalue weighted by molar-refractivity contribution is -0.121. The molecule has 1 aromatic carbocycles. The van der Waals surface area contributed by atoms with Gasteiger partial charge in [0.05, 0.1) is 11.3 Å². The standard InChI is InChI=1S/C15H14N4O4/c1-7-4-9-5-8(2-3-12(9)23-7)11-6-10-13(20)16-14(21)17-15(10,22)19-18-11/h2-3,5-7,19,22H,4H2,1H3,(H2,16,17,20,21). The number of urea groups is 1. The Balaban J connectivity index is 1.70. The zero-order valence-electron chi connectivity index (χ0n) is 12.2. The van der Waals surface area contributed by atoms with Crippen LogP contribution >= 0.6 is 0 Å². The van der Waals surface area contributed by atoms with Crippen molar-refractivity contribution in [3.8, 4) is 5.75 Å². The first kappa shape index (κ1) is 13.8. The van der Waals surface area contributed by atoms with Gasteiger partial charge in [0.2, 0.25) is 0 Å². The zero-order chi connectivity index (χ0) is 16.2. The molecule has 3 heterocycles. The average molecular weight is 314 g/mol. The van der Waals surface area contributed by atoms with Crippen LogP contribution in [0.2, 0.25) is 0 Å². The van der Waals surface area contributed by atoms with Crippen LogP contribution in [0.1, 0.15) is 18.1 Å². The number of fused-ring (bicyclic) bond motifs is 2. The van der Waals surface area contributed by atoms with E-state index in [0.717, 1.165) is 23.3 Å². The van der Waals surface area contributed by atoms with E-state index in [1.807, 2.05) is 25.1 Å². The number of nitrogens with one attached hydrogen (secondary N) is 3. The van der Waals surface area contributed by atoms with E-state index in [9.17, 15) is 14.7 Å². The number of hydrogen-bond acceptors (Lipinski definition) is 6. The van der Waals surface area contributed by atoms with Crippen LogP contribution in [-0.2, 0) is 11.2 Å². The molecule has 1 fully saturated rings. The molecule has 0 saturated carbocycles. The van der Waals surface area contributed by atoms with Crippen LogP contribution in [-0.4, -0.2) is 34.7 Å². The van der Waals surface area contributed by atoms with Crippen LogP contribution < -0.4 is 20.8 Å². The summed E-state index contributed by atoms with van der Waals surface area (Å²) in [7, 11) is 0. The largest absolute Gasteiger partial charge is 0.490 e. The number of allylic oxidation sites excluding steroid dienone is 1. The molecule has 0 aromatic heterocycles. The lowest BCUT2D eigenvalue weighted by Crippen LogP contribution is -2.69. The lowest BCUT2D eigenvalue weighted by Gasteiger charge is -2.36. The number of aliphatic hydroxyl groups is 1. The van der Waals surface area contributed by atoms with Crippen molar-refractivity contribution in [3.63, 3.8) is 0 Å². The highest BCUT2D eigenvalue weighted by Crippen LogP contribution is 2.30. The molecule has 4 N–H and O–H groups in total. The number of carbonyl (C=O) groups is 2. The van der Waals surface area contributed by atoms with E-state index in [0.29, 0.717) is 5.71 Å². The fourth-order valence-corrected chi connectivity index (χ4v) is 2.90. The molecule has 8 heteroatoms. The van der Waals surface area contributed by atoms with Crippen molar-refractivity contribution in [2.45, 2.75) is 25.3 Å². The highest BCUT2D eigenvalue weighted by molar-refractivity contribution is 6.17. The van der Waals surface area contributed by atoms with Crippen LogP contribution in [0.4, 0.5) is 4.79 Å². The van der Waals surface area contributed by atoms with Gasteiger partial charge in [-0.15, -0.1) is 0 Å². The summed E-state index contributed by atoms with van der Waals surface area (Å²) in [6.45, 7) is 2.00. The van der Waals surface area contributed by atoms with Crippen molar-refractivity contribution in [1.82, 2.24) is 16.1 Å². The van der Waals surface area contributed by atoms with Crippen LogP contribution in [0.25, 0.3) is 0 Å². The lowest BCUT2D eigenvalue weighted by atomic mass is 9.98. The van der Waals surface area contributed by atoms with Crippen LogP contribution in [0.15, 0.2) is 34.9 Å². The summed E-state index contributed by atoms with van der Waals surface area (Å²) in [6.07, 6.45) is 2.39. The average Bonchev–Trinajstić information content (AvgIpc) is 2.85. The molecule has 0 aliphatic carbocycles. The second-order valence-electron chi connectivity index (χ2n) is 5.74. The van der Waals surface area contributed by atoms with Crippen LogP contribution in [0.3, 0.4) is 0 Å². The molecule has 0 radical (unpaired) electrons. The Morgan fingerprint density at radius 3 is 3.04 bits per heavy atom. The summed E-state index contributed by atoms with van der Waals surface area (Å²) in [5, 5.41) is 18.7. The van der Waals surface area contributed by atoms with Crippen molar-refractivity contribution in [3.05, 3.63) is 41.0 Å². The molecular formula is C15H14N4O4. The monoisotopic (exact) mass is 314 g/mol. The second-order valence-corrected chi connectivity index (χ2v) is 5.74. The van der Waals surface area contributed by atoms with E-state index in [2.05, 4.69) is 21.2 Å². The molecule has 3 aliphatic rings. The minimum absolute atomic E-state index is 0.0211. The second kappa shape index (κ2) is 4.56. The minimum Gasteiger partial charge on any atom is -0.490 e. The predicted octanol–water partition coefficient (Wildman–Crippen LogP) is -0.271. The smallest absolute Gasteiger partial charge is 0.325 e. The molecule has 4 rings (SSSR count). The summed E-state index contributed by atoms with van der Waals surface area (Å²) in [5.74, 6) is -1.82. The molecule has 23 heavy (non-hydrogen) atoms. The van der Waals surface area contributed by atoms with Gasteiger partial charge in [0.25, 0.3) is 11.8 Å². The van der Waals surface area contributed by atoms with E-state index < -0.39 is 17.8 Å². The minimum atomic E-state index is -1.99. The van der Waals surface area contributed by atoms with Crippen molar-refractivity contribution in [2.75, 3.05) is 0 Å². The van der Waals surface area contributed by atoms with Crippen molar-refractivity contribution in [1.29, 1.82) is 0 Å². The van der Waals surface area contributed by atoms with Gasteiger partial charge in [-0.25, -0.2) is 4.79 Å². The Kier molecular flexibility index (Phi) is 2.73. The quantitative estimate of drug-likeness (QED) is 0.570. The number of benzene rings is 1. The van der Waals surface area contributed by atoms with Gasteiger partial charge in [-0.2, -0.15) is 5.10 Å². The predicted molar refractivity (Wildman–Crippen MR) is 79.6 cm³/mol. The Morgan fingerprint density at radius 1 is 1.39 bits per heavy atom. The van der Waals surface area contributed by atoms with E-state index in [1.165, 1.54) is 6.08 Å². The van der Waals surface area contributed by atoms with Crippen molar-refractivity contribution < 1.29 is 19.4 Å². The maximum Gasteiger partial charge on any atom is 0.325 e. The topological polar surface area (TPSA) is 112 Å². The van der Waals surface area contributed by atoms with E-state index in [4.69, 9.17) is 4.74 Å². The van der Waals surface area contributed by atoms with Gasteiger partial charge >= 0.3 is 6.03 Å². The van der Waals surface area contributed by atoms with Gasteiger partial charge in [-0.05, 0) is 36.8 Å². The fourth-order valence-electron chi connectivity index (χ4n) is 2.90. The molecule has 1 saturated heterocycles. The van der Waals surface area contributed by atoms with Gasteiger partial charge in [0, 0.05) is 12.0 Å². The summed E-state index contributed by atoms with van der Waals surface area (Å²) < 4.78 is 5.66. The number of hydrazone groups is 1. The van der Waals surface area contributed by atoms with Crippen molar-refractivity contribution >= 4 is 17.6 Å². The molecule has 1 aromatic rings. The number of hydrogen-bond donors (Lipinski definition) is 4. The number of rotatable bonds is 1. The normalized spacial score (nSPS) is 28.3. The van der Waals surface area contributed by atoms with Gasteiger partial charge < -0.3 is 9.84 Å². The van der Waals surface area contributed by atoms with Crippen LogP contribution in [0.5, 0.6) is 5.75 Å². The molecule has 118 valence electrons. The molecule has 2 atom stereocenters. The zero-order valence-corrected chi connectivity index (χ0v) is 12.2. The number of ether oxygens (including phenoxy) is 1. The molecule has 3 aliphatic heterocycles. The molecule has 0 spiro atoms. The Bertz CT molecular complexity index is 801. The maximum absolute atomic E-state index is 11.9. The highest BCUT2D eigenvalue weighted by Gasteiger charge is 2.44. The van der Waals surface area contributed by atoms with Gasteiger partial charge in [-0.3, -0.25) is 20.9 Å². The Morgan fingerprint density at radius 2 is 2.22 bits per heavy atom. The number of amides is 3. The van der Waals surface area contributed by atoms with E-state index in [1.54, 1.807) is 0 Å². The molecule has 3 amide bonds. The van der Waals surface area contributed by atoms with Gasteiger partial charge in [0.1, 0.15) is 11.9 Å². The first-order chi connectivity index (χ1) is 10.9. The van der Waals surface area contributed by atoms with Crippen molar-refractivity contribution in [2.24, 2.45) is 5.10 Å². The SMILES string of the molecule is CC1Cc2cc(C3=NNC4(O)NC(=O)NC(=O)C4=C3)ccc2O1. The highest BCUT2D eigenvalue weighted by atomic mass is 16.5. The molecule has 0 bridgehead atoms. The maximum atomic E-state index is 11.9. The third kappa shape index (κ3) is 2.15. The Labute approximate surface area is 131 Å².